The third-order valence-electron chi connectivity index (χ3n) is 5.76. The highest BCUT2D eigenvalue weighted by atomic mass is 35.5. The van der Waals surface area contributed by atoms with Crippen LogP contribution in [0.25, 0.3) is 0 Å². The summed E-state index contributed by atoms with van der Waals surface area (Å²) in [6.07, 6.45) is 1.74. The number of halogens is 1. The molecule has 1 aliphatic heterocycles. The Balaban J connectivity index is 0.00000432. The van der Waals surface area contributed by atoms with E-state index in [-0.39, 0.29) is 37.1 Å². The Bertz CT molecular complexity index is 1260. The van der Waals surface area contributed by atoms with Gasteiger partial charge in [0.25, 0.3) is 11.5 Å². The first kappa shape index (κ1) is 27.7. The summed E-state index contributed by atoms with van der Waals surface area (Å²) in [4.78, 5) is 52.2. The van der Waals surface area contributed by atoms with E-state index in [1.54, 1.807) is 25.1 Å². The van der Waals surface area contributed by atoms with Gasteiger partial charge in [-0.15, -0.1) is 18.3 Å². The zero-order valence-corrected chi connectivity index (χ0v) is 20.5. The topological polar surface area (TPSA) is 140 Å². The van der Waals surface area contributed by atoms with Crippen molar-refractivity contribution in [2.24, 2.45) is 5.73 Å². The zero-order valence-electron chi connectivity index (χ0n) is 19.7. The minimum absolute atomic E-state index is 0. The number of rotatable bonds is 7. The van der Waals surface area contributed by atoms with Gasteiger partial charge in [0.15, 0.2) is 0 Å². The lowest BCUT2D eigenvalue weighted by molar-refractivity contribution is -0.138. The minimum atomic E-state index is -1.17. The Morgan fingerprint density at radius 2 is 1.97 bits per heavy atom. The van der Waals surface area contributed by atoms with Crippen LogP contribution in [0, 0.1) is 11.8 Å². The van der Waals surface area contributed by atoms with Crippen molar-refractivity contribution in [2.75, 3.05) is 18.0 Å². The van der Waals surface area contributed by atoms with Crippen molar-refractivity contribution in [3.8, 4) is 11.8 Å². The molecule has 1 fully saturated rings. The molecule has 11 heteroatoms. The quantitative estimate of drug-likeness (QED) is 0.471. The molecule has 2 aromatic rings. The number of carbonyl (C=O) groups excluding carboxylic acids is 1. The van der Waals surface area contributed by atoms with Gasteiger partial charge in [-0.3, -0.25) is 23.5 Å². The van der Waals surface area contributed by atoms with E-state index < -0.39 is 29.2 Å². The Morgan fingerprint density at radius 3 is 2.63 bits per heavy atom. The van der Waals surface area contributed by atoms with Crippen LogP contribution in [0.2, 0.25) is 0 Å². The van der Waals surface area contributed by atoms with Crippen LogP contribution in [0.15, 0.2) is 39.9 Å². The van der Waals surface area contributed by atoms with Crippen molar-refractivity contribution >= 4 is 30.1 Å². The second-order valence-corrected chi connectivity index (χ2v) is 8.26. The fourth-order valence-electron chi connectivity index (χ4n) is 3.92. The summed E-state index contributed by atoms with van der Waals surface area (Å²) >= 11 is 0. The largest absolute Gasteiger partial charge is 0.480 e. The highest BCUT2D eigenvalue weighted by molar-refractivity contribution is 5.97. The summed E-state index contributed by atoms with van der Waals surface area (Å²) in [5.41, 5.74) is 5.66. The van der Waals surface area contributed by atoms with Gasteiger partial charge in [-0.05, 0) is 38.3 Å². The van der Waals surface area contributed by atoms with E-state index in [1.165, 1.54) is 23.6 Å². The number of carbonyl (C=O) groups is 2. The molecule has 2 atom stereocenters. The normalized spacial score (nSPS) is 15.9. The van der Waals surface area contributed by atoms with Crippen molar-refractivity contribution in [3.05, 3.63) is 62.3 Å². The number of nitrogens with two attached hydrogens (primary N) is 1. The highest BCUT2D eigenvalue weighted by Crippen LogP contribution is 2.17. The summed E-state index contributed by atoms with van der Waals surface area (Å²) < 4.78 is 2.50. The molecule has 0 spiro atoms. The van der Waals surface area contributed by atoms with Crippen molar-refractivity contribution in [1.82, 2.24) is 14.5 Å². The van der Waals surface area contributed by atoms with Crippen molar-refractivity contribution in [2.45, 2.75) is 51.9 Å². The molecule has 4 N–H and O–H groups in total. The van der Waals surface area contributed by atoms with Gasteiger partial charge < -0.3 is 21.1 Å². The van der Waals surface area contributed by atoms with Crippen molar-refractivity contribution in [3.63, 3.8) is 0 Å². The number of nitrogens with one attached hydrogen (secondary N) is 1. The Kier molecular flexibility index (Phi) is 9.68. The number of hydrogen-bond donors (Lipinski definition) is 3. The Labute approximate surface area is 209 Å². The third-order valence-corrected chi connectivity index (χ3v) is 5.76. The van der Waals surface area contributed by atoms with Crippen LogP contribution in [-0.4, -0.2) is 51.3 Å². The molecule has 1 saturated heterocycles. The summed E-state index contributed by atoms with van der Waals surface area (Å²) in [6.45, 7) is 4.20. The molecule has 3 rings (SSSR count). The molecular weight excluding hydrogens is 474 g/mol. The van der Waals surface area contributed by atoms with E-state index in [0.717, 1.165) is 17.4 Å². The fourth-order valence-corrected chi connectivity index (χ4v) is 3.92. The summed E-state index contributed by atoms with van der Waals surface area (Å²) in [5, 5.41) is 11.5. The van der Waals surface area contributed by atoms with E-state index >= 15 is 0 Å². The van der Waals surface area contributed by atoms with Gasteiger partial charge in [-0.1, -0.05) is 24.1 Å². The zero-order chi connectivity index (χ0) is 24.8. The lowest BCUT2D eigenvalue weighted by Crippen LogP contribution is -2.48. The number of aliphatic carboxylic acids is 1. The molecule has 0 saturated carbocycles. The monoisotopic (exact) mass is 503 g/mol. The molecule has 1 aliphatic rings. The second-order valence-electron chi connectivity index (χ2n) is 8.26. The van der Waals surface area contributed by atoms with Gasteiger partial charge in [0, 0.05) is 30.8 Å². The van der Waals surface area contributed by atoms with Crippen LogP contribution in [0.5, 0.6) is 0 Å². The molecule has 10 nitrogen and oxygen atoms in total. The van der Waals surface area contributed by atoms with Crippen molar-refractivity contribution < 1.29 is 14.7 Å². The molecule has 1 aromatic heterocycles. The van der Waals surface area contributed by atoms with Crippen LogP contribution >= 0.6 is 12.4 Å². The molecule has 0 unspecified atom stereocenters. The molecule has 2 heterocycles. The first-order chi connectivity index (χ1) is 16.2. The van der Waals surface area contributed by atoms with Gasteiger partial charge in [0.2, 0.25) is 0 Å². The van der Waals surface area contributed by atoms with Gasteiger partial charge >= 0.3 is 11.7 Å². The molecule has 35 heavy (non-hydrogen) atoms. The number of benzene rings is 1. The number of nitrogens with zero attached hydrogens (tertiary/aromatic N) is 3. The van der Waals surface area contributed by atoms with Crippen LogP contribution in [0.1, 0.15) is 42.6 Å². The predicted molar refractivity (Wildman–Crippen MR) is 135 cm³/mol. The third kappa shape index (κ3) is 6.53. The molecule has 0 aliphatic carbocycles. The van der Waals surface area contributed by atoms with Gasteiger partial charge in [-0.25, -0.2) is 4.79 Å². The molecule has 1 amide bonds. The standard InChI is InChI=1S/C24H29N5O5.ClH/c1-3-4-12-28-20(27-11-7-9-18(25)15-27)13-21(30)29(24(28)34)14-17-8-5-6-10-19(17)22(31)26-16(2)23(32)33;/h5-6,8,10,13,16,18H,7,9,11-12,14-15,25H2,1-2H3,(H,26,31)(H,32,33);1H/t16-,18+;/m0./s1. The number of carboxylic acids is 1. The molecule has 0 bridgehead atoms. The molecule has 188 valence electrons. The number of aromatic nitrogens is 2. The van der Waals surface area contributed by atoms with Crippen LogP contribution in [0.3, 0.4) is 0 Å². The van der Waals surface area contributed by atoms with Crippen LogP contribution in [-0.2, 0) is 17.9 Å². The SMILES string of the molecule is CC#CCn1c(N2CCC[C@@H](N)C2)cc(=O)n(Cc2ccccc2C(=O)N[C@@H](C)C(=O)O)c1=O.Cl. The maximum atomic E-state index is 13.4. The van der Waals surface area contributed by atoms with Crippen LogP contribution in [0.4, 0.5) is 5.82 Å². The summed E-state index contributed by atoms with van der Waals surface area (Å²) in [7, 11) is 0. The number of hydrogen-bond acceptors (Lipinski definition) is 6. The number of piperidine rings is 1. The summed E-state index contributed by atoms with van der Waals surface area (Å²) in [6, 6.07) is 6.73. The van der Waals surface area contributed by atoms with Gasteiger partial charge in [-0.2, -0.15) is 0 Å². The van der Waals surface area contributed by atoms with Crippen LogP contribution < -0.4 is 27.2 Å². The second kappa shape index (κ2) is 12.2. The smallest absolute Gasteiger partial charge is 0.333 e. The highest BCUT2D eigenvalue weighted by Gasteiger charge is 2.23. The Hall–Kier alpha value is -3.55. The number of amides is 1. The maximum absolute atomic E-state index is 13.4. The lowest BCUT2D eigenvalue weighted by Gasteiger charge is -2.33. The van der Waals surface area contributed by atoms with Gasteiger partial charge in [0.1, 0.15) is 11.9 Å². The maximum Gasteiger partial charge on any atom is 0.333 e. The first-order valence-electron chi connectivity index (χ1n) is 11.1. The van der Waals surface area contributed by atoms with E-state index in [1.807, 2.05) is 4.90 Å². The van der Waals surface area contributed by atoms with Crippen molar-refractivity contribution in [1.29, 1.82) is 0 Å². The van der Waals surface area contributed by atoms with E-state index in [2.05, 4.69) is 17.2 Å². The summed E-state index contributed by atoms with van der Waals surface area (Å²) in [5.74, 6) is 4.37. The van der Waals surface area contributed by atoms with E-state index in [0.29, 0.717) is 24.5 Å². The molecule has 0 radical (unpaired) electrons. The average molecular weight is 504 g/mol. The van der Waals surface area contributed by atoms with Gasteiger partial charge in [0.05, 0.1) is 13.1 Å². The number of anilines is 1. The lowest BCUT2D eigenvalue weighted by atomic mass is 10.1. The molecular formula is C24H30ClN5O5. The minimum Gasteiger partial charge on any atom is -0.480 e. The van der Waals surface area contributed by atoms with E-state index in [4.69, 9.17) is 10.8 Å². The molecule has 1 aromatic carbocycles. The first-order valence-corrected chi connectivity index (χ1v) is 11.1. The number of carboxylic acid groups (broad SMARTS) is 1. The fraction of sp³-hybridized carbons (Fsp3) is 0.417. The average Bonchev–Trinajstić information content (AvgIpc) is 2.81. The van der Waals surface area contributed by atoms with E-state index in [9.17, 15) is 19.2 Å². The predicted octanol–water partition coefficient (Wildman–Crippen LogP) is 0.634. The Morgan fingerprint density at radius 1 is 1.26 bits per heavy atom.